The van der Waals surface area contributed by atoms with Crippen molar-refractivity contribution in [3.8, 4) is 0 Å². The largest absolute Gasteiger partial charge is 0.469 e. The second kappa shape index (κ2) is 8.73. The van der Waals surface area contributed by atoms with E-state index in [2.05, 4.69) is 10.9 Å². The van der Waals surface area contributed by atoms with E-state index < -0.39 is 23.2 Å². The van der Waals surface area contributed by atoms with Gasteiger partial charge in [0, 0.05) is 11.1 Å². The van der Waals surface area contributed by atoms with Crippen LogP contribution in [-0.4, -0.2) is 24.5 Å². The Bertz CT molecular complexity index is 655. The van der Waals surface area contributed by atoms with E-state index in [9.17, 15) is 22.8 Å². The molecule has 2 N–H and O–H groups in total. The number of hydrogen-bond donors (Lipinski definition) is 2. The van der Waals surface area contributed by atoms with Crippen LogP contribution in [-0.2, 0) is 15.7 Å². The first-order valence-corrected chi connectivity index (χ1v) is 8.97. The van der Waals surface area contributed by atoms with Crippen molar-refractivity contribution >= 4 is 11.9 Å². The maximum Gasteiger partial charge on any atom is 0.416 e. The molecule has 1 amide bonds. The third-order valence-electron chi connectivity index (χ3n) is 5.18. The van der Waals surface area contributed by atoms with Gasteiger partial charge in [-0.3, -0.25) is 15.0 Å². The van der Waals surface area contributed by atoms with Gasteiger partial charge in [-0.15, -0.1) is 0 Å². The minimum absolute atomic E-state index is 0.0848. The second-order valence-corrected chi connectivity index (χ2v) is 7.16. The minimum atomic E-state index is -4.45. The van der Waals surface area contributed by atoms with Crippen LogP contribution in [0.1, 0.15) is 61.4 Å². The van der Waals surface area contributed by atoms with E-state index in [0.29, 0.717) is 0 Å². The lowest BCUT2D eigenvalue weighted by molar-refractivity contribution is -0.143. The summed E-state index contributed by atoms with van der Waals surface area (Å²) in [5.41, 5.74) is 4.08. The Hall–Kier alpha value is -2.09. The quantitative estimate of drug-likeness (QED) is 0.576. The van der Waals surface area contributed by atoms with Crippen molar-refractivity contribution in [3.63, 3.8) is 0 Å². The molecule has 0 aliphatic heterocycles. The van der Waals surface area contributed by atoms with E-state index in [4.69, 9.17) is 4.74 Å². The smallest absolute Gasteiger partial charge is 0.416 e. The summed E-state index contributed by atoms with van der Waals surface area (Å²) >= 11 is 0. The van der Waals surface area contributed by atoms with Crippen molar-refractivity contribution in [2.24, 2.45) is 5.92 Å². The molecule has 1 aromatic rings. The maximum atomic E-state index is 12.6. The van der Waals surface area contributed by atoms with E-state index in [1.165, 1.54) is 7.11 Å². The number of nitrogens with one attached hydrogen (secondary N) is 2. The van der Waals surface area contributed by atoms with Crippen molar-refractivity contribution < 1.29 is 27.5 Å². The van der Waals surface area contributed by atoms with Crippen LogP contribution in [0.25, 0.3) is 0 Å². The molecule has 0 spiro atoms. The van der Waals surface area contributed by atoms with Crippen molar-refractivity contribution in [1.82, 2.24) is 10.9 Å². The zero-order chi connectivity index (χ0) is 20.1. The fourth-order valence-electron chi connectivity index (χ4n) is 3.48. The van der Waals surface area contributed by atoms with Gasteiger partial charge in [-0.2, -0.15) is 13.2 Å². The molecule has 1 atom stereocenters. The molecule has 1 aromatic carbocycles. The highest BCUT2D eigenvalue weighted by Crippen LogP contribution is 2.34. The minimum Gasteiger partial charge on any atom is -0.469 e. The van der Waals surface area contributed by atoms with Crippen molar-refractivity contribution in [2.75, 3.05) is 7.11 Å². The Morgan fingerprint density at radius 3 is 2.22 bits per heavy atom. The predicted octanol–water partition coefficient (Wildman–Crippen LogP) is 3.84. The molecule has 1 fully saturated rings. The monoisotopic (exact) mass is 386 g/mol. The first kappa shape index (κ1) is 21.2. The van der Waals surface area contributed by atoms with Crippen LogP contribution < -0.4 is 10.9 Å². The van der Waals surface area contributed by atoms with Crippen molar-refractivity contribution in [1.29, 1.82) is 0 Å². The summed E-state index contributed by atoms with van der Waals surface area (Å²) in [4.78, 5) is 24.2. The number of carbonyl (C=O) groups excluding carboxylic acids is 2. The summed E-state index contributed by atoms with van der Waals surface area (Å²) in [5.74, 6) is -0.770. The lowest BCUT2D eigenvalue weighted by Crippen LogP contribution is -2.58. The topological polar surface area (TPSA) is 67.4 Å². The van der Waals surface area contributed by atoms with Gasteiger partial charge in [0.25, 0.3) is 5.91 Å². The fourth-order valence-corrected chi connectivity index (χ4v) is 3.48. The molecular formula is C19H25F3N2O3. The number of amides is 1. The molecule has 150 valence electrons. The van der Waals surface area contributed by atoms with Crippen LogP contribution in [0.2, 0.25) is 0 Å². The van der Waals surface area contributed by atoms with Crippen molar-refractivity contribution in [3.05, 3.63) is 35.4 Å². The summed E-state index contributed by atoms with van der Waals surface area (Å²) in [6, 6.07) is 3.98. The third-order valence-corrected chi connectivity index (χ3v) is 5.18. The highest BCUT2D eigenvalue weighted by Gasteiger charge is 2.38. The molecule has 0 aromatic heterocycles. The molecule has 0 bridgehead atoms. The number of benzene rings is 1. The number of ether oxygens (including phenoxy) is 1. The normalized spacial score (nSPS) is 17.8. The molecule has 0 saturated heterocycles. The van der Waals surface area contributed by atoms with Gasteiger partial charge >= 0.3 is 12.1 Å². The number of hydrazine groups is 1. The van der Waals surface area contributed by atoms with Crippen LogP contribution in [0.3, 0.4) is 0 Å². The number of methoxy groups -OCH3 is 1. The number of esters is 1. The SMILES string of the molecule is COC(=O)C[C@@](C)(NNC(=O)c1ccc(C(F)(F)F)cc1)C1CCCCC1. The molecule has 5 nitrogen and oxygen atoms in total. The van der Waals surface area contributed by atoms with Gasteiger partial charge < -0.3 is 4.74 Å². The molecule has 8 heteroatoms. The maximum absolute atomic E-state index is 12.6. The average Bonchev–Trinajstić information content (AvgIpc) is 2.66. The first-order chi connectivity index (χ1) is 12.7. The standard InChI is InChI=1S/C19H25F3N2O3/c1-18(12-16(25)27-2,14-6-4-3-5-7-14)24-23-17(26)13-8-10-15(11-9-13)19(20,21)22/h8-11,14,24H,3-7,12H2,1-2H3,(H,23,26)/t18-/m1/s1. The number of halogens is 3. The molecule has 2 rings (SSSR count). The van der Waals surface area contributed by atoms with E-state index in [1.807, 2.05) is 6.92 Å². The average molecular weight is 386 g/mol. The van der Waals surface area contributed by atoms with Gasteiger partial charge in [0.05, 0.1) is 19.1 Å². The summed E-state index contributed by atoms with van der Waals surface area (Å²) in [5, 5.41) is 0. The molecule has 0 heterocycles. The summed E-state index contributed by atoms with van der Waals surface area (Å²) < 4.78 is 42.7. The Morgan fingerprint density at radius 2 is 1.70 bits per heavy atom. The lowest BCUT2D eigenvalue weighted by atomic mass is 9.74. The fraction of sp³-hybridized carbons (Fsp3) is 0.579. The molecule has 1 aliphatic carbocycles. The molecule has 1 saturated carbocycles. The molecular weight excluding hydrogens is 361 g/mol. The molecule has 1 aliphatic rings. The summed E-state index contributed by atoms with van der Waals surface area (Å²) in [6.45, 7) is 1.85. The Morgan fingerprint density at radius 1 is 1.11 bits per heavy atom. The third kappa shape index (κ3) is 5.69. The van der Waals surface area contributed by atoms with E-state index in [0.717, 1.165) is 56.4 Å². The first-order valence-electron chi connectivity index (χ1n) is 8.97. The summed E-state index contributed by atoms with van der Waals surface area (Å²) in [6.07, 6.45) is 0.733. The van der Waals surface area contributed by atoms with E-state index in [1.54, 1.807) is 0 Å². The second-order valence-electron chi connectivity index (χ2n) is 7.16. The van der Waals surface area contributed by atoms with Crippen LogP contribution >= 0.6 is 0 Å². The summed E-state index contributed by atoms with van der Waals surface area (Å²) in [7, 11) is 1.31. The van der Waals surface area contributed by atoms with Gasteiger partial charge in [-0.05, 0) is 49.9 Å². The van der Waals surface area contributed by atoms with Crippen molar-refractivity contribution in [2.45, 2.75) is 57.2 Å². The van der Waals surface area contributed by atoms with Crippen LogP contribution in [0.5, 0.6) is 0 Å². The Kier molecular flexibility index (Phi) is 6.86. The number of hydrogen-bond acceptors (Lipinski definition) is 4. The van der Waals surface area contributed by atoms with Crippen LogP contribution in [0, 0.1) is 5.92 Å². The lowest BCUT2D eigenvalue weighted by Gasteiger charge is -2.40. The van der Waals surface area contributed by atoms with Crippen LogP contribution in [0.15, 0.2) is 24.3 Å². The zero-order valence-electron chi connectivity index (χ0n) is 15.5. The van der Waals surface area contributed by atoms with Crippen LogP contribution in [0.4, 0.5) is 13.2 Å². The van der Waals surface area contributed by atoms with Gasteiger partial charge in [-0.25, -0.2) is 5.43 Å². The predicted molar refractivity (Wildman–Crippen MR) is 93.7 cm³/mol. The molecule has 0 radical (unpaired) electrons. The Labute approximate surface area is 156 Å². The van der Waals surface area contributed by atoms with Gasteiger partial charge in [0.2, 0.25) is 0 Å². The molecule has 27 heavy (non-hydrogen) atoms. The van der Waals surface area contributed by atoms with Gasteiger partial charge in [0.1, 0.15) is 0 Å². The van der Waals surface area contributed by atoms with E-state index in [-0.39, 0.29) is 23.9 Å². The van der Waals surface area contributed by atoms with E-state index >= 15 is 0 Å². The zero-order valence-corrected chi connectivity index (χ0v) is 15.5. The highest BCUT2D eigenvalue weighted by molar-refractivity contribution is 5.93. The van der Waals surface area contributed by atoms with Gasteiger partial charge in [-0.1, -0.05) is 19.3 Å². The number of carbonyl (C=O) groups is 2. The molecule has 0 unspecified atom stereocenters. The number of alkyl halides is 3. The van der Waals surface area contributed by atoms with Gasteiger partial charge in [0.15, 0.2) is 0 Å². The Balaban J connectivity index is 2.06. The number of rotatable bonds is 6. The highest BCUT2D eigenvalue weighted by atomic mass is 19.4.